The van der Waals surface area contributed by atoms with Crippen LogP contribution >= 0.6 is 0 Å². The van der Waals surface area contributed by atoms with E-state index >= 15 is 0 Å². The Labute approximate surface area is 152 Å². The number of hydrogen-bond donors (Lipinski definition) is 0. The number of rotatable bonds is 6. The third-order valence-electron chi connectivity index (χ3n) is 5.71. The van der Waals surface area contributed by atoms with E-state index < -0.39 is 0 Å². The fourth-order valence-electron chi connectivity index (χ4n) is 4.24. The van der Waals surface area contributed by atoms with Gasteiger partial charge in [-0.3, -0.25) is 0 Å². The molecule has 0 N–H and O–H groups in total. The van der Waals surface area contributed by atoms with Gasteiger partial charge in [-0.15, -0.1) is 0 Å². The molecule has 0 aromatic heterocycles. The van der Waals surface area contributed by atoms with Crippen LogP contribution in [-0.4, -0.2) is 0 Å². The van der Waals surface area contributed by atoms with Gasteiger partial charge in [-0.2, -0.15) is 0 Å². The Morgan fingerprint density at radius 3 is 0.880 bits per heavy atom. The van der Waals surface area contributed by atoms with Gasteiger partial charge in [0.15, 0.2) is 0 Å². The minimum atomic E-state index is 0.492. The van der Waals surface area contributed by atoms with Crippen LogP contribution in [0.4, 0.5) is 0 Å². The van der Waals surface area contributed by atoms with Crippen molar-refractivity contribution in [1.29, 1.82) is 0 Å². The first-order chi connectivity index (χ1) is 12.2. The summed E-state index contributed by atoms with van der Waals surface area (Å²) in [4.78, 5) is 0. The van der Waals surface area contributed by atoms with Crippen LogP contribution in [0, 0.1) is 5.92 Å². The zero-order valence-electron chi connectivity index (χ0n) is 15.5. The molecule has 3 rings (SSSR count). The molecule has 0 aliphatic carbocycles. The molecule has 0 spiro atoms. The molecule has 0 radical (unpaired) electrons. The van der Waals surface area contributed by atoms with Crippen LogP contribution in [-0.2, 0) is 0 Å². The second-order valence-corrected chi connectivity index (χ2v) is 7.18. The van der Waals surface area contributed by atoms with E-state index in [1.165, 1.54) is 16.7 Å². The first-order valence-corrected chi connectivity index (χ1v) is 9.33. The van der Waals surface area contributed by atoms with Gasteiger partial charge in [-0.1, -0.05) is 112 Å². The SMILES string of the molecule is CC(c1ccccc1)C(C(C)c1ccccc1)C(C)c1ccccc1. The third-order valence-corrected chi connectivity index (χ3v) is 5.71. The van der Waals surface area contributed by atoms with Crippen molar-refractivity contribution in [2.75, 3.05) is 0 Å². The topological polar surface area (TPSA) is 0 Å². The molecule has 0 saturated carbocycles. The van der Waals surface area contributed by atoms with E-state index in [0.717, 1.165) is 0 Å². The number of benzene rings is 3. The molecule has 3 aromatic rings. The lowest BCUT2D eigenvalue weighted by atomic mass is 9.69. The van der Waals surface area contributed by atoms with Crippen molar-refractivity contribution in [3.05, 3.63) is 108 Å². The maximum Gasteiger partial charge on any atom is -0.0151 e. The van der Waals surface area contributed by atoms with Gasteiger partial charge in [0.2, 0.25) is 0 Å². The Morgan fingerprint density at radius 2 is 0.640 bits per heavy atom. The van der Waals surface area contributed by atoms with E-state index in [2.05, 4.69) is 112 Å². The van der Waals surface area contributed by atoms with Crippen molar-refractivity contribution in [1.82, 2.24) is 0 Å². The molecule has 0 heteroatoms. The monoisotopic (exact) mass is 328 g/mol. The molecule has 25 heavy (non-hydrogen) atoms. The van der Waals surface area contributed by atoms with Crippen molar-refractivity contribution in [3.8, 4) is 0 Å². The Morgan fingerprint density at radius 1 is 0.400 bits per heavy atom. The lowest BCUT2D eigenvalue weighted by molar-refractivity contribution is 0.329. The summed E-state index contributed by atoms with van der Waals surface area (Å²) in [5.74, 6) is 2.01. The van der Waals surface area contributed by atoms with Crippen molar-refractivity contribution >= 4 is 0 Å². The van der Waals surface area contributed by atoms with E-state index in [1.54, 1.807) is 0 Å². The molecule has 0 bridgehead atoms. The zero-order valence-corrected chi connectivity index (χ0v) is 15.5. The minimum absolute atomic E-state index is 0.492. The molecule has 0 heterocycles. The van der Waals surface area contributed by atoms with E-state index in [-0.39, 0.29) is 0 Å². The molecule has 3 aromatic carbocycles. The smallest absolute Gasteiger partial charge is 0.0151 e. The van der Waals surface area contributed by atoms with Gasteiger partial charge < -0.3 is 0 Å². The number of hydrogen-bond acceptors (Lipinski definition) is 0. The Balaban J connectivity index is 1.99. The van der Waals surface area contributed by atoms with Crippen LogP contribution in [0.2, 0.25) is 0 Å². The Kier molecular flexibility index (Phi) is 5.71. The Hall–Kier alpha value is -2.34. The summed E-state index contributed by atoms with van der Waals surface area (Å²) in [6, 6.07) is 32.9. The summed E-state index contributed by atoms with van der Waals surface area (Å²) in [7, 11) is 0. The molecule has 0 amide bonds. The molecular weight excluding hydrogens is 300 g/mol. The van der Waals surface area contributed by atoms with Crippen molar-refractivity contribution in [2.45, 2.75) is 38.5 Å². The summed E-state index contributed by atoms with van der Waals surface area (Å²) < 4.78 is 0. The van der Waals surface area contributed by atoms with Crippen LogP contribution in [0.1, 0.15) is 55.2 Å². The highest BCUT2D eigenvalue weighted by Gasteiger charge is 2.31. The van der Waals surface area contributed by atoms with Crippen LogP contribution in [0.15, 0.2) is 91.0 Å². The van der Waals surface area contributed by atoms with Gasteiger partial charge >= 0.3 is 0 Å². The summed E-state index contributed by atoms with van der Waals surface area (Å²) in [5, 5.41) is 0. The maximum absolute atomic E-state index is 2.39. The van der Waals surface area contributed by atoms with Crippen LogP contribution in [0.25, 0.3) is 0 Å². The van der Waals surface area contributed by atoms with E-state index in [0.29, 0.717) is 23.7 Å². The third kappa shape index (κ3) is 4.02. The summed E-state index contributed by atoms with van der Waals surface area (Å²) >= 11 is 0. The largest absolute Gasteiger partial charge is 0.0622 e. The molecule has 0 aliphatic rings. The van der Waals surface area contributed by atoms with Crippen LogP contribution in [0.5, 0.6) is 0 Å². The first kappa shape index (κ1) is 17.5. The molecule has 0 saturated heterocycles. The molecule has 3 atom stereocenters. The molecule has 3 unspecified atom stereocenters. The van der Waals surface area contributed by atoms with E-state index in [9.17, 15) is 0 Å². The molecule has 0 fully saturated rings. The average Bonchev–Trinajstić information content (AvgIpc) is 2.70. The van der Waals surface area contributed by atoms with Crippen molar-refractivity contribution < 1.29 is 0 Å². The normalized spacial score (nSPS) is 16.0. The molecule has 0 nitrogen and oxygen atoms in total. The average molecular weight is 328 g/mol. The van der Waals surface area contributed by atoms with E-state index in [1.807, 2.05) is 0 Å². The van der Waals surface area contributed by atoms with Gasteiger partial charge in [-0.25, -0.2) is 0 Å². The fourth-order valence-corrected chi connectivity index (χ4v) is 4.24. The second-order valence-electron chi connectivity index (χ2n) is 7.18. The predicted molar refractivity (Wildman–Crippen MR) is 108 cm³/mol. The van der Waals surface area contributed by atoms with E-state index in [4.69, 9.17) is 0 Å². The minimum Gasteiger partial charge on any atom is -0.0622 e. The van der Waals surface area contributed by atoms with Gasteiger partial charge in [-0.05, 0) is 40.4 Å². The molecular formula is C25H28. The fraction of sp³-hybridized carbons (Fsp3) is 0.280. The summed E-state index contributed by atoms with van der Waals surface area (Å²) in [6.07, 6.45) is 0. The highest BCUT2D eigenvalue weighted by atomic mass is 14.3. The van der Waals surface area contributed by atoms with Crippen molar-refractivity contribution in [2.24, 2.45) is 5.92 Å². The maximum atomic E-state index is 2.39. The highest BCUT2D eigenvalue weighted by Crippen LogP contribution is 2.44. The van der Waals surface area contributed by atoms with Gasteiger partial charge in [0.25, 0.3) is 0 Å². The van der Waals surface area contributed by atoms with Gasteiger partial charge in [0, 0.05) is 0 Å². The van der Waals surface area contributed by atoms with Gasteiger partial charge in [0.1, 0.15) is 0 Å². The quantitative estimate of drug-likeness (QED) is 0.456. The van der Waals surface area contributed by atoms with Crippen molar-refractivity contribution in [3.63, 3.8) is 0 Å². The first-order valence-electron chi connectivity index (χ1n) is 9.33. The molecule has 128 valence electrons. The zero-order chi connectivity index (χ0) is 17.6. The lowest BCUT2D eigenvalue weighted by Gasteiger charge is -2.35. The Bertz CT molecular complexity index is 638. The van der Waals surface area contributed by atoms with Gasteiger partial charge in [0.05, 0.1) is 0 Å². The summed E-state index contributed by atoms with van der Waals surface area (Å²) in [6.45, 7) is 7.16. The summed E-state index contributed by atoms with van der Waals surface area (Å²) in [5.41, 5.74) is 4.29. The van der Waals surface area contributed by atoms with Crippen LogP contribution in [0.3, 0.4) is 0 Å². The lowest BCUT2D eigenvalue weighted by Crippen LogP contribution is -2.23. The standard InChI is InChI=1S/C25H28/c1-19(22-13-7-4-8-14-22)25(20(2)23-15-9-5-10-16-23)21(3)24-17-11-6-12-18-24/h4-21,25H,1-3H3. The van der Waals surface area contributed by atoms with Crippen LogP contribution < -0.4 is 0 Å². The second kappa shape index (κ2) is 8.16. The predicted octanol–water partition coefficient (Wildman–Crippen LogP) is 7.01. The molecule has 0 aliphatic heterocycles. The highest BCUT2D eigenvalue weighted by molar-refractivity contribution is 5.29.